The van der Waals surface area contributed by atoms with Gasteiger partial charge in [-0.3, -0.25) is 14.2 Å². The van der Waals surface area contributed by atoms with Crippen molar-refractivity contribution in [2.45, 2.75) is 26.7 Å². The number of anilines is 2. The molecule has 2 aromatic heterocycles. The van der Waals surface area contributed by atoms with Gasteiger partial charge in [-0.2, -0.15) is 0 Å². The van der Waals surface area contributed by atoms with Crippen LogP contribution in [0.4, 0.5) is 15.9 Å². The molecule has 5 rings (SSSR count). The Morgan fingerprint density at radius 1 is 1.06 bits per heavy atom. The highest BCUT2D eigenvalue weighted by Crippen LogP contribution is 2.30. The molecule has 7 nitrogen and oxygen atoms in total. The Hall–Kier alpha value is -4.07. The van der Waals surface area contributed by atoms with E-state index in [0.717, 1.165) is 35.1 Å². The molecular weight excluding hydrogens is 433 g/mol. The molecule has 1 saturated carbocycles. The number of rotatable bonds is 5. The number of imidazole rings is 1. The number of benzene rings is 2. The van der Waals surface area contributed by atoms with E-state index in [0.29, 0.717) is 22.6 Å². The third kappa shape index (κ3) is 4.03. The molecule has 0 atom stereocenters. The van der Waals surface area contributed by atoms with Crippen molar-refractivity contribution in [3.8, 4) is 5.69 Å². The zero-order valence-corrected chi connectivity index (χ0v) is 19.2. The Balaban J connectivity index is 1.46. The largest absolute Gasteiger partial charge is 0.311 e. The molecule has 2 amide bonds. The Bertz CT molecular complexity index is 1420. The maximum absolute atomic E-state index is 13.7. The standard InChI is InChI=1S/C26H24FN5O2/c1-15-11-19(6-8-21(15)27)31(3)26(34)18-10-16(2)24-22(12-18)32(14-29-24)20-7-9-23(28-13-20)30-25(33)17-4-5-17/h6-14,17H,4-5H2,1-3H3,(H,28,30,33). The summed E-state index contributed by atoms with van der Waals surface area (Å²) < 4.78 is 15.5. The minimum absolute atomic E-state index is 0.00702. The molecule has 172 valence electrons. The van der Waals surface area contributed by atoms with Crippen LogP contribution in [0.5, 0.6) is 0 Å². The van der Waals surface area contributed by atoms with Crippen LogP contribution >= 0.6 is 0 Å². The highest BCUT2D eigenvalue weighted by Gasteiger charge is 2.29. The second-order valence-corrected chi connectivity index (χ2v) is 8.74. The number of halogens is 1. The molecule has 0 aliphatic heterocycles. The van der Waals surface area contributed by atoms with Crippen LogP contribution in [0.3, 0.4) is 0 Å². The van der Waals surface area contributed by atoms with E-state index in [1.54, 1.807) is 50.8 Å². The number of hydrogen-bond acceptors (Lipinski definition) is 4. The molecule has 2 aromatic carbocycles. The van der Waals surface area contributed by atoms with E-state index >= 15 is 0 Å². The van der Waals surface area contributed by atoms with Gasteiger partial charge in [-0.05, 0) is 80.3 Å². The highest BCUT2D eigenvalue weighted by atomic mass is 19.1. The van der Waals surface area contributed by atoms with Crippen LogP contribution in [0.2, 0.25) is 0 Å². The van der Waals surface area contributed by atoms with Crippen molar-refractivity contribution in [3.05, 3.63) is 77.5 Å². The average Bonchev–Trinajstić information content (AvgIpc) is 3.60. The summed E-state index contributed by atoms with van der Waals surface area (Å²) in [6.07, 6.45) is 5.22. The maximum atomic E-state index is 13.7. The van der Waals surface area contributed by atoms with Gasteiger partial charge in [0, 0.05) is 24.2 Å². The molecule has 4 aromatic rings. The summed E-state index contributed by atoms with van der Waals surface area (Å²) in [4.78, 5) is 35.6. The predicted molar refractivity (Wildman–Crippen MR) is 129 cm³/mol. The summed E-state index contributed by atoms with van der Waals surface area (Å²) in [5.74, 6) is 0.105. The summed E-state index contributed by atoms with van der Waals surface area (Å²) in [5, 5.41) is 2.83. The number of carbonyl (C=O) groups excluding carboxylic acids is 2. The molecule has 1 aliphatic rings. The van der Waals surface area contributed by atoms with E-state index in [-0.39, 0.29) is 23.5 Å². The van der Waals surface area contributed by atoms with Gasteiger partial charge in [0.1, 0.15) is 18.0 Å². The van der Waals surface area contributed by atoms with Crippen LogP contribution in [0, 0.1) is 25.6 Å². The summed E-state index contributed by atoms with van der Waals surface area (Å²) in [6, 6.07) is 11.8. The first-order chi connectivity index (χ1) is 16.3. The van der Waals surface area contributed by atoms with Crippen molar-refractivity contribution >= 4 is 34.4 Å². The third-order valence-electron chi connectivity index (χ3n) is 6.15. The molecule has 0 spiro atoms. The number of fused-ring (bicyclic) bond motifs is 1. The molecule has 34 heavy (non-hydrogen) atoms. The van der Waals surface area contributed by atoms with E-state index < -0.39 is 0 Å². The molecule has 0 saturated heterocycles. The van der Waals surface area contributed by atoms with Gasteiger partial charge in [-0.25, -0.2) is 14.4 Å². The number of carbonyl (C=O) groups is 2. The van der Waals surface area contributed by atoms with E-state index in [2.05, 4.69) is 15.3 Å². The van der Waals surface area contributed by atoms with Gasteiger partial charge < -0.3 is 10.2 Å². The number of hydrogen-bond donors (Lipinski definition) is 1. The summed E-state index contributed by atoms with van der Waals surface area (Å²) in [6.45, 7) is 3.58. The molecule has 0 bridgehead atoms. The smallest absolute Gasteiger partial charge is 0.258 e. The fourth-order valence-corrected chi connectivity index (χ4v) is 3.94. The van der Waals surface area contributed by atoms with Gasteiger partial charge in [0.05, 0.1) is 22.9 Å². The molecule has 0 radical (unpaired) electrons. The summed E-state index contributed by atoms with van der Waals surface area (Å²) >= 11 is 0. The van der Waals surface area contributed by atoms with Gasteiger partial charge in [0.25, 0.3) is 5.91 Å². The van der Waals surface area contributed by atoms with Gasteiger partial charge in [0.2, 0.25) is 5.91 Å². The molecule has 8 heteroatoms. The van der Waals surface area contributed by atoms with Crippen molar-refractivity contribution in [2.24, 2.45) is 5.92 Å². The lowest BCUT2D eigenvalue weighted by atomic mass is 10.1. The first-order valence-corrected chi connectivity index (χ1v) is 11.1. The normalized spacial score (nSPS) is 13.2. The monoisotopic (exact) mass is 457 g/mol. The van der Waals surface area contributed by atoms with Crippen LogP contribution in [-0.2, 0) is 4.79 Å². The van der Waals surface area contributed by atoms with Gasteiger partial charge in [-0.15, -0.1) is 0 Å². The first kappa shape index (κ1) is 21.8. The Kier molecular flexibility index (Phi) is 5.36. The zero-order chi connectivity index (χ0) is 24.0. The van der Waals surface area contributed by atoms with E-state index in [1.807, 2.05) is 23.6 Å². The molecule has 1 aliphatic carbocycles. The maximum Gasteiger partial charge on any atom is 0.258 e. The van der Waals surface area contributed by atoms with Crippen LogP contribution in [-0.4, -0.2) is 33.4 Å². The van der Waals surface area contributed by atoms with Crippen molar-refractivity contribution in [1.82, 2.24) is 14.5 Å². The van der Waals surface area contributed by atoms with Crippen molar-refractivity contribution in [1.29, 1.82) is 0 Å². The fourth-order valence-electron chi connectivity index (χ4n) is 3.94. The van der Waals surface area contributed by atoms with Gasteiger partial charge in [0.15, 0.2) is 0 Å². The Labute approximate surface area is 196 Å². The van der Waals surface area contributed by atoms with E-state index in [4.69, 9.17) is 0 Å². The molecular formula is C26H24FN5O2. The average molecular weight is 458 g/mol. The molecule has 0 unspecified atom stereocenters. The van der Waals surface area contributed by atoms with E-state index in [1.165, 1.54) is 11.0 Å². The number of aromatic nitrogens is 3. The minimum atomic E-state index is -0.308. The van der Waals surface area contributed by atoms with Gasteiger partial charge >= 0.3 is 0 Å². The van der Waals surface area contributed by atoms with Gasteiger partial charge in [-0.1, -0.05) is 0 Å². The molecule has 1 fully saturated rings. The number of pyridine rings is 1. The highest BCUT2D eigenvalue weighted by molar-refractivity contribution is 6.07. The van der Waals surface area contributed by atoms with Crippen LogP contribution in [0.15, 0.2) is 55.0 Å². The lowest BCUT2D eigenvalue weighted by Crippen LogP contribution is -2.26. The lowest BCUT2D eigenvalue weighted by Gasteiger charge is -2.19. The second-order valence-electron chi connectivity index (χ2n) is 8.74. The van der Waals surface area contributed by atoms with Crippen LogP contribution in [0.1, 0.15) is 34.3 Å². The number of amides is 2. The topological polar surface area (TPSA) is 80.1 Å². The predicted octanol–water partition coefficient (Wildman–Crippen LogP) is 4.80. The Morgan fingerprint density at radius 3 is 2.53 bits per heavy atom. The third-order valence-corrected chi connectivity index (χ3v) is 6.15. The summed E-state index contributed by atoms with van der Waals surface area (Å²) in [5.41, 5.74) is 4.77. The number of nitrogens with zero attached hydrogens (tertiary/aromatic N) is 4. The molecule has 1 N–H and O–H groups in total. The minimum Gasteiger partial charge on any atom is -0.311 e. The summed E-state index contributed by atoms with van der Waals surface area (Å²) in [7, 11) is 1.67. The molecule has 2 heterocycles. The van der Waals surface area contributed by atoms with Crippen molar-refractivity contribution < 1.29 is 14.0 Å². The van der Waals surface area contributed by atoms with Crippen LogP contribution < -0.4 is 10.2 Å². The Morgan fingerprint density at radius 2 is 1.85 bits per heavy atom. The number of nitrogens with one attached hydrogen (secondary N) is 1. The number of aryl methyl sites for hydroxylation is 2. The first-order valence-electron chi connectivity index (χ1n) is 11.1. The SMILES string of the molecule is Cc1cc(N(C)C(=O)c2cc(C)c3ncn(-c4ccc(NC(=O)C5CC5)nc4)c3c2)ccc1F. The van der Waals surface area contributed by atoms with Crippen molar-refractivity contribution in [2.75, 3.05) is 17.3 Å². The quantitative estimate of drug-likeness (QED) is 0.467. The van der Waals surface area contributed by atoms with Crippen molar-refractivity contribution in [3.63, 3.8) is 0 Å². The second kappa shape index (κ2) is 8.37. The lowest BCUT2D eigenvalue weighted by molar-refractivity contribution is -0.117. The fraction of sp³-hybridized carbons (Fsp3) is 0.231. The van der Waals surface area contributed by atoms with E-state index in [9.17, 15) is 14.0 Å². The van der Waals surface area contributed by atoms with Crippen LogP contribution in [0.25, 0.3) is 16.7 Å². The zero-order valence-electron chi connectivity index (χ0n) is 19.2.